The Hall–Kier alpha value is -1.31. The lowest BCUT2D eigenvalue weighted by Gasteiger charge is -2.35. The summed E-state index contributed by atoms with van der Waals surface area (Å²) in [5.74, 6) is 1.84. The zero-order valence-corrected chi connectivity index (χ0v) is 16.1. The molecule has 1 aliphatic rings. The highest BCUT2D eigenvalue weighted by Gasteiger charge is 2.28. The molecule has 6 nitrogen and oxygen atoms in total. The fourth-order valence-electron chi connectivity index (χ4n) is 3.24. The molecule has 25 heavy (non-hydrogen) atoms. The molecule has 1 N–H and O–H groups in total. The molecule has 0 amide bonds. The van der Waals surface area contributed by atoms with Crippen molar-refractivity contribution in [1.82, 2.24) is 4.90 Å². The van der Waals surface area contributed by atoms with Crippen molar-refractivity contribution in [3.05, 3.63) is 23.8 Å². The van der Waals surface area contributed by atoms with E-state index in [0.717, 1.165) is 5.56 Å². The second-order valence-corrected chi connectivity index (χ2v) is 8.88. The first-order valence-corrected chi connectivity index (χ1v) is 10.6. The van der Waals surface area contributed by atoms with Crippen LogP contribution in [0.4, 0.5) is 0 Å². The average Bonchev–Trinajstić information content (AvgIpc) is 2.55. The molecular weight excluding hydrogens is 342 g/mol. The van der Waals surface area contributed by atoms with Gasteiger partial charge in [0.1, 0.15) is 9.84 Å². The molecule has 1 aromatic rings. The van der Waals surface area contributed by atoms with Gasteiger partial charge in [-0.1, -0.05) is 6.07 Å². The van der Waals surface area contributed by atoms with Crippen LogP contribution in [0.5, 0.6) is 11.5 Å². The third kappa shape index (κ3) is 5.87. The van der Waals surface area contributed by atoms with Crippen LogP contribution in [0.25, 0.3) is 0 Å². The van der Waals surface area contributed by atoms with E-state index in [-0.39, 0.29) is 17.5 Å². The molecule has 0 bridgehead atoms. The molecule has 0 saturated carbocycles. The normalized spacial score (nSPS) is 18.9. The lowest BCUT2D eigenvalue weighted by atomic mass is 10.1. The highest BCUT2D eigenvalue weighted by Crippen LogP contribution is 2.29. The Bertz CT molecular complexity index is 645. The first-order chi connectivity index (χ1) is 11.8. The summed E-state index contributed by atoms with van der Waals surface area (Å²) in [5.41, 5.74) is 1.05. The summed E-state index contributed by atoms with van der Waals surface area (Å²) in [5, 5.41) is 9.84. The summed E-state index contributed by atoms with van der Waals surface area (Å²) in [6.45, 7) is 5.40. The topological polar surface area (TPSA) is 76.1 Å². The summed E-state index contributed by atoms with van der Waals surface area (Å²) >= 11 is 0. The average molecular weight is 371 g/mol. The molecule has 2 rings (SSSR count). The minimum Gasteiger partial charge on any atom is -0.493 e. The van der Waals surface area contributed by atoms with Crippen LogP contribution in [0.1, 0.15) is 32.3 Å². The van der Waals surface area contributed by atoms with Crippen LogP contribution in [0, 0.1) is 0 Å². The summed E-state index contributed by atoms with van der Waals surface area (Å²) in [4.78, 5) is 2.18. The van der Waals surface area contributed by atoms with Crippen LogP contribution in [-0.2, 0) is 16.4 Å². The molecule has 7 heteroatoms. The smallest absolute Gasteiger partial charge is 0.161 e. The molecule has 1 aromatic carbocycles. The predicted molar refractivity (Wildman–Crippen MR) is 97.9 cm³/mol. The zero-order chi connectivity index (χ0) is 18.4. The standard InChI is InChI=1S/C18H29NO5S/c1-4-24-17-6-5-15(11-18(17)23-3)13-19(12-14(2)20)16-7-9-25(21,22)10-8-16/h5-6,11,14,16,20H,4,7-10,12-13H2,1-3H3/t14-/m0/s1. The molecule has 142 valence electrons. The van der Waals surface area contributed by atoms with Crippen LogP contribution in [0.2, 0.25) is 0 Å². The Morgan fingerprint density at radius 2 is 1.96 bits per heavy atom. The largest absolute Gasteiger partial charge is 0.493 e. The molecule has 1 saturated heterocycles. The van der Waals surface area contributed by atoms with Gasteiger partial charge in [-0.2, -0.15) is 0 Å². The maximum Gasteiger partial charge on any atom is 0.161 e. The fourth-order valence-corrected chi connectivity index (χ4v) is 4.71. The number of aliphatic hydroxyl groups excluding tert-OH is 1. The third-order valence-corrected chi connectivity index (χ3v) is 6.17. The van der Waals surface area contributed by atoms with Crippen molar-refractivity contribution >= 4 is 9.84 Å². The summed E-state index contributed by atoms with van der Waals surface area (Å²) in [6, 6.07) is 5.99. The second-order valence-electron chi connectivity index (χ2n) is 6.58. The van der Waals surface area contributed by atoms with Gasteiger partial charge in [0, 0.05) is 19.1 Å². The highest BCUT2D eigenvalue weighted by atomic mass is 32.2. The molecule has 0 aromatic heterocycles. The first kappa shape index (κ1) is 20.0. The van der Waals surface area contributed by atoms with E-state index in [4.69, 9.17) is 9.47 Å². The number of sulfone groups is 1. The number of methoxy groups -OCH3 is 1. The Kier molecular flexibility index (Phi) is 7.10. The summed E-state index contributed by atoms with van der Waals surface area (Å²) in [6.07, 6.45) is 0.759. The highest BCUT2D eigenvalue weighted by molar-refractivity contribution is 7.91. The van der Waals surface area contributed by atoms with Crippen LogP contribution in [0.15, 0.2) is 18.2 Å². The molecule has 0 spiro atoms. The van der Waals surface area contributed by atoms with Gasteiger partial charge in [0.25, 0.3) is 0 Å². The van der Waals surface area contributed by atoms with E-state index >= 15 is 0 Å². The predicted octanol–water partition coefficient (Wildman–Crippen LogP) is 1.85. The van der Waals surface area contributed by atoms with Crippen LogP contribution in [-0.4, -0.2) is 62.3 Å². The fraction of sp³-hybridized carbons (Fsp3) is 0.667. The van der Waals surface area contributed by atoms with Gasteiger partial charge < -0.3 is 14.6 Å². The van der Waals surface area contributed by atoms with E-state index in [2.05, 4.69) is 4.90 Å². The van der Waals surface area contributed by atoms with Crippen molar-refractivity contribution in [1.29, 1.82) is 0 Å². The minimum atomic E-state index is -2.90. The van der Waals surface area contributed by atoms with E-state index in [1.807, 2.05) is 25.1 Å². The Balaban J connectivity index is 2.14. The summed E-state index contributed by atoms with van der Waals surface area (Å²) in [7, 11) is -1.29. The van der Waals surface area contributed by atoms with E-state index in [1.165, 1.54) is 0 Å². The minimum absolute atomic E-state index is 0.163. The van der Waals surface area contributed by atoms with Gasteiger partial charge in [0.15, 0.2) is 11.5 Å². The maximum atomic E-state index is 11.7. The van der Waals surface area contributed by atoms with Gasteiger partial charge in [0.2, 0.25) is 0 Å². The molecule has 0 unspecified atom stereocenters. The third-order valence-electron chi connectivity index (χ3n) is 4.45. The van der Waals surface area contributed by atoms with Gasteiger partial charge >= 0.3 is 0 Å². The number of nitrogens with zero attached hydrogens (tertiary/aromatic N) is 1. The lowest BCUT2D eigenvalue weighted by Crippen LogP contribution is -2.43. The monoisotopic (exact) mass is 371 g/mol. The number of ether oxygens (including phenoxy) is 2. The van der Waals surface area contributed by atoms with E-state index in [0.29, 0.717) is 44.0 Å². The SMILES string of the molecule is CCOc1ccc(CN(C[C@H](C)O)C2CCS(=O)(=O)CC2)cc1OC. The molecule has 1 aliphatic heterocycles. The van der Waals surface area contributed by atoms with Crippen molar-refractivity contribution in [3.8, 4) is 11.5 Å². The van der Waals surface area contributed by atoms with Gasteiger partial charge in [-0.15, -0.1) is 0 Å². The van der Waals surface area contributed by atoms with Gasteiger partial charge in [0.05, 0.1) is 31.3 Å². The number of benzene rings is 1. The first-order valence-electron chi connectivity index (χ1n) is 8.77. The summed E-state index contributed by atoms with van der Waals surface area (Å²) < 4.78 is 34.3. The van der Waals surface area contributed by atoms with E-state index in [9.17, 15) is 13.5 Å². The number of hydrogen-bond acceptors (Lipinski definition) is 6. The Morgan fingerprint density at radius 1 is 1.28 bits per heavy atom. The Labute approximate surface area is 150 Å². The number of hydrogen-bond donors (Lipinski definition) is 1. The van der Waals surface area contributed by atoms with Crippen LogP contribution in [0.3, 0.4) is 0 Å². The van der Waals surface area contributed by atoms with Crippen LogP contribution < -0.4 is 9.47 Å². The van der Waals surface area contributed by atoms with Crippen LogP contribution >= 0.6 is 0 Å². The maximum absolute atomic E-state index is 11.7. The zero-order valence-electron chi connectivity index (χ0n) is 15.3. The molecule has 0 aliphatic carbocycles. The van der Waals surface area contributed by atoms with E-state index < -0.39 is 15.9 Å². The molecule has 0 radical (unpaired) electrons. The van der Waals surface area contributed by atoms with Crippen molar-refractivity contribution in [2.24, 2.45) is 0 Å². The van der Waals surface area contributed by atoms with Crippen molar-refractivity contribution in [3.63, 3.8) is 0 Å². The van der Waals surface area contributed by atoms with Crippen molar-refractivity contribution < 1.29 is 23.0 Å². The van der Waals surface area contributed by atoms with Gasteiger partial charge in [-0.3, -0.25) is 4.90 Å². The second kappa shape index (κ2) is 8.87. The quantitative estimate of drug-likeness (QED) is 0.752. The molecule has 1 fully saturated rings. The molecule has 1 atom stereocenters. The van der Waals surface area contributed by atoms with Crippen molar-refractivity contribution in [2.75, 3.05) is 31.8 Å². The molecule has 1 heterocycles. The number of rotatable bonds is 8. The van der Waals surface area contributed by atoms with Crippen molar-refractivity contribution in [2.45, 2.75) is 45.4 Å². The molecular formula is C18H29NO5S. The van der Waals surface area contributed by atoms with Gasteiger partial charge in [-0.25, -0.2) is 8.42 Å². The van der Waals surface area contributed by atoms with Gasteiger partial charge in [-0.05, 0) is 44.4 Å². The Morgan fingerprint density at radius 3 is 2.52 bits per heavy atom. The lowest BCUT2D eigenvalue weighted by molar-refractivity contribution is 0.0878. The van der Waals surface area contributed by atoms with E-state index in [1.54, 1.807) is 14.0 Å². The number of aliphatic hydroxyl groups is 1.